The van der Waals surface area contributed by atoms with Crippen LogP contribution in [0.2, 0.25) is 0 Å². The standard InChI is InChI=1S/C17H26N4O/c22-17(19-14-9-5-6-10-14)15-11-12-16(21-20-15)18-13-7-3-1-2-4-8-13/h11-14H,1-10H2,(H,18,21)(H,19,22). The molecule has 5 nitrogen and oxygen atoms in total. The summed E-state index contributed by atoms with van der Waals surface area (Å²) in [5, 5.41) is 14.8. The van der Waals surface area contributed by atoms with Gasteiger partial charge in [0.05, 0.1) is 0 Å². The fourth-order valence-electron chi connectivity index (χ4n) is 3.49. The summed E-state index contributed by atoms with van der Waals surface area (Å²) in [7, 11) is 0. The topological polar surface area (TPSA) is 66.9 Å². The fourth-order valence-corrected chi connectivity index (χ4v) is 3.49. The Morgan fingerprint density at radius 1 is 0.864 bits per heavy atom. The van der Waals surface area contributed by atoms with Crippen LogP contribution >= 0.6 is 0 Å². The summed E-state index contributed by atoms with van der Waals surface area (Å²) in [5.74, 6) is 0.685. The van der Waals surface area contributed by atoms with Crippen LogP contribution in [0.25, 0.3) is 0 Å². The van der Waals surface area contributed by atoms with Gasteiger partial charge in [-0.2, -0.15) is 0 Å². The lowest BCUT2D eigenvalue weighted by Crippen LogP contribution is -2.33. The SMILES string of the molecule is O=C(NC1CCCC1)c1ccc(NC2CCCCCC2)nn1. The van der Waals surface area contributed by atoms with Crippen molar-refractivity contribution < 1.29 is 4.79 Å². The molecule has 1 amide bonds. The first-order valence-electron chi connectivity index (χ1n) is 8.72. The first-order chi connectivity index (χ1) is 10.8. The van der Waals surface area contributed by atoms with Crippen molar-refractivity contribution in [3.8, 4) is 0 Å². The molecule has 1 aromatic heterocycles. The van der Waals surface area contributed by atoms with Crippen LogP contribution in [-0.4, -0.2) is 28.2 Å². The number of hydrogen-bond acceptors (Lipinski definition) is 4. The van der Waals surface area contributed by atoms with Crippen LogP contribution in [-0.2, 0) is 0 Å². The first-order valence-corrected chi connectivity index (χ1v) is 8.72. The van der Waals surface area contributed by atoms with Crippen molar-refractivity contribution in [1.82, 2.24) is 15.5 Å². The van der Waals surface area contributed by atoms with Crippen molar-refractivity contribution in [2.45, 2.75) is 76.3 Å². The Hall–Kier alpha value is -1.65. The summed E-state index contributed by atoms with van der Waals surface area (Å²) in [5.41, 5.74) is 0.415. The van der Waals surface area contributed by atoms with Crippen molar-refractivity contribution in [2.24, 2.45) is 0 Å². The second-order valence-corrected chi connectivity index (χ2v) is 6.59. The van der Waals surface area contributed by atoms with Gasteiger partial charge < -0.3 is 10.6 Å². The Kier molecular flexibility index (Phi) is 5.24. The molecule has 0 bridgehead atoms. The molecule has 2 aliphatic carbocycles. The van der Waals surface area contributed by atoms with Gasteiger partial charge in [0.2, 0.25) is 0 Å². The maximum atomic E-state index is 12.1. The molecule has 5 heteroatoms. The second-order valence-electron chi connectivity index (χ2n) is 6.59. The number of anilines is 1. The van der Waals surface area contributed by atoms with E-state index in [1.807, 2.05) is 6.07 Å². The average molecular weight is 302 g/mol. The molecule has 0 atom stereocenters. The van der Waals surface area contributed by atoms with E-state index in [4.69, 9.17) is 0 Å². The normalized spacial score (nSPS) is 20.5. The number of nitrogens with zero attached hydrogens (tertiary/aromatic N) is 2. The van der Waals surface area contributed by atoms with Crippen molar-refractivity contribution in [1.29, 1.82) is 0 Å². The number of hydrogen-bond donors (Lipinski definition) is 2. The molecular formula is C17H26N4O. The highest BCUT2D eigenvalue weighted by Crippen LogP contribution is 2.20. The number of rotatable bonds is 4. The molecule has 0 aromatic carbocycles. The van der Waals surface area contributed by atoms with E-state index in [-0.39, 0.29) is 5.91 Å². The van der Waals surface area contributed by atoms with E-state index in [1.54, 1.807) is 6.07 Å². The number of nitrogens with one attached hydrogen (secondary N) is 2. The molecule has 22 heavy (non-hydrogen) atoms. The molecule has 1 heterocycles. The number of amides is 1. The van der Waals surface area contributed by atoms with E-state index < -0.39 is 0 Å². The summed E-state index contributed by atoms with van der Waals surface area (Å²) >= 11 is 0. The third-order valence-corrected chi connectivity index (χ3v) is 4.79. The van der Waals surface area contributed by atoms with E-state index >= 15 is 0 Å². The van der Waals surface area contributed by atoms with Crippen molar-refractivity contribution in [2.75, 3.05) is 5.32 Å². The quantitative estimate of drug-likeness (QED) is 0.838. The second kappa shape index (κ2) is 7.56. The Labute approximate surface area is 132 Å². The van der Waals surface area contributed by atoms with Crippen LogP contribution in [0.1, 0.15) is 74.7 Å². The number of carbonyl (C=O) groups excluding carboxylic acids is 1. The van der Waals surface area contributed by atoms with Gasteiger partial charge in [-0.3, -0.25) is 4.79 Å². The molecule has 0 aliphatic heterocycles. The Balaban J connectivity index is 1.53. The lowest BCUT2D eigenvalue weighted by Gasteiger charge is -2.16. The lowest BCUT2D eigenvalue weighted by atomic mass is 10.1. The van der Waals surface area contributed by atoms with Crippen molar-refractivity contribution in [3.63, 3.8) is 0 Å². The predicted molar refractivity (Wildman–Crippen MR) is 86.9 cm³/mol. The van der Waals surface area contributed by atoms with E-state index in [9.17, 15) is 4.79 Å². The van der Waals surface area contributed by atoms with Crippen LogP contribution in [0, 0.1) is 0 Å². The van der Waals surface area contributed by atoms with E-state index in [2.05, 4.69) is 20.8 Å². The number of aromatic nitrogens is 2. The Morgan fingerprint density at radius 3 is 2.14 bits per heavy atom. The molecule has 0 spiro atoms. The van der Waals surface area contributed by atoms with Gasteiger partial charge in [-0.25, -0.2) is 0 Å². The summed E-state index contributed by atoms with van der Waals surface area (Å²) < 4.78 is 0. The lowest BCUT2D eigenvalue weighted by molar-refractivity contribution is 0.0932. The zero-order valence-electron chi connectivity index (χ0n) is 13.2. The van der Waals surface area contributed by atoms with E-state index in [1.165, 1.54) is 51.4 Å². The van der Waals surface area contributed by atoms with Crippen LogP contribution < -0.4 is 10.6 Å². The third-order valence-electron chi connectivity index (χ3n) is 4.79. The summed E-state index contributed by atoms with van der Waals surface area (Å²) in [6.45, 7) is 0. The maximum Gasteiger partial charge on any atom is 0.272 e. The monoisotopic (exact) mass is 302 g/mol. The van der Waals surface area contributed by atoms with Gasteiger partial charge in [-0.15, -0.1) is 10.2 Å². The van der Waals surface area contributed by atoms with E-state index in [0.29, 0.717) is 17.8 Å². The van der Waals surface area contributed by atoms with Gasteiger partial charge in [-0.1, -0.05) is 38.5 Å². The van der Waals surface area contributed by atoms with Gasteiger partial charge in [0.15, 0.2) is 5.69 Å². The molecule has 120 valence electrons. The summed E-state index contributed by atoms with van der Waals surface area (Å²) in [6.07, 6.45) is 12.2. The highest BCUT2D eigenvalue weighted by molar-refractivity contribution is 5.92. The average Bonchev–Trinajstić information content (AvgIpc) is 2.91. The smallest absolute Gasteiger partial charge is 0.272 e. The maximum absolute atomic E-state index is 12.1. The Morgan fingerprint density at radius 2 is 1.50 bits per heavy atom. The van der Waals surface area contributed by atoms with Crippen LogP contribution in [0.4, 0.5) is 5.82 Å². The van der Waals surface area contributed by atoms with Gasteiger partial charge in [0, 0.05) is 12.1 Å². The van der Waals surface area contributed by atoms with Crippen LogP contribution in [0.5, 0.6) is 0 Å². The molecular weight excluding hydrogens is 276 g/mol. The fraction of sp³-hybridized carbons (Fsp3) is 0.706. The van der Waals surface area contributed by atoms with Gasteiger partial charge in [0.25, 0.3) is 5.91 Å². The molecule has 2 aliphatic rings. The van der Waals surface area contributed by atoms with Gasteiger partial charge >= 0.3 is 0 Å². The van der Waals surface area contributed by atoms with Crippen LogP contribution in [0.3, 0.4) is 0 Å². The first kappa shape index (κ1) is 15.3. The zero-order chi connectivity index (χ0) is 15.2. The van der Waals surface area contributed by atoms with Gasteiger partial charge in [0.1, 0.15) is 5.82 Å². The van der Waals surface area contributed by atoms with Crippen molar-refractivity contribution in [3.05, 3.63) is 17.8 Å². The number of carbonyl (C=O) groups is 1. The predicted octanol–water partition coefficient (Wildman–Crippen LogP) is 3.28. The highest BCUT2D eigenvalue weighted by atomic mass is 16.2. The minimum Gasteiger partial charge on any atom is -0.366 e. The molecule has 2 fully saturated rings. The van der Waals surface area contributed by atoms with Crippen molar-refractivity contribution >= 4 is 11.7 Å². The summed E-state index contributed by atoms with van der Waals surface area (Å²) in [6, 6.07) is 4.46. The van der Waals surface area contributed by atoms with Crippen LogP contribution in [0.15, 0.2) is 12.1 Å². The highest BCUT2D eigenvalue weighted by Gasteiger charge is 2.19. The largest absolute Gasteiger partial charge is 0.366 e. The molecule has 0 unspecified atom stereocenters. The van der Waals surface area contributed by atoms with E-state index in [0.717, 1.165) is 18.7 Å². The molecule has 3 rings (SSSR count). The zero-order valence-corrected chi connectivity index (χ0v) is 13.2. The summed E-state index contributed by atoms with van der Waals surface area (Å²) in [4.78, 5) is 12.1. The molecule has 2 N–H and O–H groups in total. The minimum atomic E-state index is -0.0968. The molecule has 2 saturated carbocycles. The minimum absolute atomic E-state index is 0.0968. The molecule has 1 aromatic rings. The Bertz CT molecular complexity index is 474. The molecule has 0 radical (unpaired) electrons. The molecule has 0 saturated heterocycles. The third kappa shape index (κ3) is 4.18. The van der Waals surface area contributed by atoms with Gasteiger partial charge in [-0.05, 0) is 37.8 Å².